The average Bonchev–Trinajstić information content (AvgIpc) is 3.14. The lowest BCUT2D eigenvalue weighted by Crippen LogP contribution is -2.30. The SMILES string of the molecule is CCc1ccc(NC(=O)[C@@H](C)OC(=O)c2ccc(N3CCCC3=O)cc2)cc1. The topological polar surface area (TPSA) is 75.7 Å². The van der Waals surface area contributed by atoms with Gasteiger partial charge in [0, 0.05) is 24.3 Å². The van der Waals surface area contributed by atoms with E-state index in [4.69, 9.17) is 4.74 Å². The monoisotopic (exact) mass is 380 g/mol. The average molecular weight is 380 g/mol. The van der Waals surface area contributed by atoms with Gasteiger partial charge in [-0.3, -0.25) is 9.59 Å². The van der Waals surface area contributed by atoms with Gasteiger partial charge < -0.3 is 15.0 Å². The molecule has 0 unspecified atom stereocenters. The van der Waals surface area contributed by atoms with Gasteiger partial charge in [-0.15, -0.1) is 0 Å². The van der Waals surface area contributed by atoms with Crippen LogP contribution in [0.5, 0.6) is 0 Å². The Hall–Kier alpha value is -3.15. The molecule has 2 amide bonds. The van der Waals surface area contributed by atoms with Crippen molar-refractivity contribution in [2.75, 3.05) is 16.8 Å². The first-order valence-electron chi connectivity index (χ1n) is 9.49. The van der Waals surface area contributed by atoms with E-state index in [1.54, 1.807) is 29.2 Å². The van der Waals surface area contributed by atoms with Gasteiger partial charge in [0.25, 0.3) is 5.91 Å². The quantitative estimate of drug-likeness (QED) is 0.778. The Morgan fingerprint density at radius 2 is 1.79 bits per heavy atom. The van der Waals surface area contributed by atoms with Crippen LogP contribution in [0.15, 0.2) is 48.5 Å². The molecular weight excluding hydrogens is 356 g/mol. The molecule has 0 aromatic heterocycles. The standard InChI is InChI=1S/C22H24N2O4/c1-3-16-6-10-18(11-7-16)23-21(26)15(2)28-22(27)17-8-12-19(13-9-17)24-14-4-5-20(24)25/h6-13,15H,3-5,14H2,1-2H3,(H,23,26)/t15-/m1/s1. The Bertz CT molecular complexity index is 859. The first kappa shape index (κ1) is 19.6. The Kier molecular flexibility index (Phi) is 6.09. The molecule has 0 spiro atoms. The number of nitrogens with one attached hydrogen (secondary N) is 1. The molecule has 146 valence electrons. The third-order valence-corrected chi connectivity index (χ3v) is 4.77. The Labute approximate surface area is 164 Å². The number of carbonyl (C=O) groups is 3. The number of carbonyl (C=O) groups excluding carboxylic acids is 3. The van der Waals surface area contributed by atoms with Crippen molar-refractivity contribution >= 4 is 29.2 Å². The number of benzene rings is 2. The van der Waals surface area contributed by atoms with Crippen molar-refractivity contribution in [1.29, 1.82) is 0 Å². The van der Waals surface area contributed by atoms with Gasteiger partial charge in [0.15, 0.2) is 6.10 Å². The molecule has 0 aliphatic carbocycles. The van der Waals surface area contributed by atoms with Gasteiger partial charge in [0.2, 0.25) is 5.91 Å². The van der Waals surface area contributed by atoms with Crippen molar-refractivity contribution in [3.05, 3.63) is 59.7 Å². The van der Waals surface area contributed by atoms with Crippen LogP contribution in [0.25, 0.3) is 0 Å². The van der Waals surface area contributed by atoms with Crippen LogP contribution in [0.3, 0.4) is 0 Å². The van der Waals surface area contributed by atoms with Crippen molar-refractivity contribution in [3.8, 4) is 0 Å². The molecule has 1 N–H and O–H groups in total. The maximum atomic E-state index is 12.3. The van der Waals surface area contributed by atoms with Gasteiger partial charge in [-0.2, -0.15) is 0 Å². The second-order valence-corrected chi connectivity index (χ2v) is 6.78. The summed E-state index contributed by atoms with van der Waals surface area (Å²) < 4.78 is 5.27. The zero-order valence-corrected chi connectivity index (χ0v) is 16.1. The molecular formula is C22H24N2O4. The molecule has 1 aliphatic rings. The number of ether oxygens (including phenoxy) is 1. The van der Waals surface area contributed by atoms with E-state index in [9.17, 15) is 14.4 Å². The Balaban J connectivity index is 1.56. The third-order valence-electron chi connectivity index (χ3n) is 4.77. The van der Waals surface area contributed by atoms with Gasteiger partial charge in [0.1, 0.15) is 0 Å². The minimum atomic E-state index is -0.932. The minimum absolute atomic E-state index is 0.0904. The highest BCUT2D eigenvalue weighted by molar-refractivity contribution is 5.98. The summed E-state index contributed by atoms with van der Waals surface area (Å²) in [5.74, 6) is -0.882. The fourth-order valence-corrected chi connectivity index (χ4v) is 3.05. The summed E-state index contributed by atoms with van der Waals surface area (Å²) in [6.07, 6.45) is 1.39. The highest BCUT2D eigenvalue weighted by Gasteiger charge is 2.23. The number of rotatable bonds is 6. The number of hydrogen-bond donors (Lipinski definition) is 1. The van der Waals surface area contributed by atoms with Crippen LogP contribution >= 0.6 is 0 Å². The summed E-state index contributed by atoms with van der Waals surface area (Å²) in [5, 5.41) is 2.74. The fourth-order valence-electron chi connectivity index (χ4n) is 3.05. The zero-order valence-electron chi connectivity index (χ0n) is 16.1. The maximum Gasteiger partial charge on any atom is 0.338 e. The number of hydrogen-bond acceptors (Lipinski definition) is 4. The van der Waals surface area contributed by atoms with Gasteiger partial charge in [-0.05, 0) is 61.7 Å². The summed E-state index contributed by atoms with van der Waals surface area (Å²) in [5.41, 5.74) is 2.93. The zero-order chi connectivity index (χ0) is 20.1. The Morgan fingerprint density at radius 3 is 2.36 bits per heavy atom. The lowest BCUT2D eigenvalue weighted by molar-refractivity contribution is -0.123. The van der Waals surface area contributed by atoms with Crippen molar-refractivity contribution in [2.24, 2.45) is 0 Å². The minimum Gasteiger partial charge on any atom is -0.449 e. The van der Waals surface area contributed by atoms with E-state index in [2.05, 4.69) is 12.2 Å². The van der Waals surface area contributed by atoms with Crippen LogP contribution in [0, 0.1) is 0 Å². The second kappa shape index (κ2) is 8.69. The molecule has 2 aromatic carbocycles. The van der Waals surface area contributed by atoms with Gasteiger partial charge in [-0.1, -0.05) is 19.1 Å². The van der Waals surface area contributed by atoms with E-state index >= 15 is 0 Å². The number of anilines is 2. The van der Waals surface area contributed by atoms with Crippen LogP contribution in [0.2, 0.25) is 0 Å². The van der Waals surface area contributed by atoms with Gasteiger partial charge in [-0.25, -0.2) is 4.79 Å². The van der Waals surface area contributed by atoms with E-state index in [-0.39, 0.29) is 5.91 Å². The molecule has 1 atom stereocenters. The highest BCUT2D eigenvalue weighted by atomic mass is 16.5. The highest BCUT2D eigenvalue weighted by Crippen LogP contribution is 2.22. The van der Waals surface area contributed by atoms with Crippen molar-refractivity contribution < 1.29 is 19.1 Å². The van der Waals surface area contributed by atoms with Crippen molar-refractivity contribution in [1.82, 2.24) is 0 Å². The van der Waals surface area contributed by atoms with Gasteiger partial charge in [0.05, 0.1) is 5.56 Å². The van der Waals surface area contributed by atoms with E-state index < -0.39 is 18.0 Å². The lowest BCUT2D eigenvalue weighted by atomic mass is 10.1. The molecule has 1 aliphatic heterocycles. The molecule has 28 heavy (non-hydrogen) atoms. The van der Waals surface area contributed by atoms with E-state index in [0.717, 1.165) is 18.5 Å². The summed E-state index contributed by atoms with van der Waals surface area (Å²) in [6, 6.07) is 14.2. The predicted octanol–water partition coefficient (Wildman–Crippen LogP) is 3.56. The van der Waals surface area contributed by atoms with Crippen molar-refractivity contribution in [3.63, 3.8) is 0 Å². The molecule has 6 nitrogen and oxygen atoms in total. The smallest absolute Gasteiger partial charge is 0.338 e. The molecule has 1 fully saturated rings. The van der Waals surface area contributed by atoms with Crippen LogP contribution in [-0.4, -0.2) is 30.4 Å². The number of esters is 1. The molecule has 3 rings (SSSR count). The summed E-state index contributed by atoms with van der Waals surface area (Å²) in [7, 11) is 0. The lowest BCUT2D eigenvalue weighted by Gasteiger charge is -2.16. The maximum absolute atomic E-state index is 12.3. The molecule has 1 saturated heterocycles. The number of aryl methyl sites for hydroxylation is 1. The van der Waals surface area contributed by atoms with Crippen LogP contribution in [-0.2, 0) is 20.7 Å². The first-order valence-corrected chi connectivity index (χ1v) is 9.49. The fraction of sp³-hybridized carbons (Fsp3) is 0.318. The van der Waals surface area contributed by atoms with E-state index in [0.29, 0.717) is 24.2 Å². The normalized spacial score (nSPS) is 14.6. The summed E-state index contributed by atoms with van der Waals surface area (Å²) in [4.78, 5) is 38.1. The summed E-state index contributed by atoms with van der Waals surface area (Å²) in [6.45, 7) is 4.29. The van der Waals surface area contributed by atoms with Crippen molar-refractivity contribution in [2.45, 2.75) is 39.2 Å². The van der Waals surface area contributed by atoms with E-state index in [1.165, 1.54) is 12.5 Å². The Morgan fingerprint density at radius 1 is 1.11 bits per heavy atom. The molecule has 2 aromatic rings. The van der Waals surface area contributed by atoms with Crippen LogP contribution in [0.4, 0.5) is 11.4 Å². The summed E-state index contributed by atoms with van der Waals surface area (Å²) >= 11 is 0. The second-order valence-electron chi connectivity index (χ2n) is 6.78. The van der Waals surface area contributed by atoms with Crippen LogP contribution in [0.1, 0.15) is 42.6 Å². The molecule has 0 bridgehead atoms. The molecule has 0 saturated carbocycles. The first-order chi connectivity index (χ1) is 13.5. The molecule has 0 radical (unpaired) electrons. The van der Waals surface area contributed by atoms with Crippen LogP contribution < -0.4 is 10.2 Å². The van der Waals surface area contributed by atoms with E-state index in [1.807, 2.05) is 24.3 Å². The number of nitrogens with zero attached hydrogens (tertiary/aromatic N) is 1. The molecule has 6 heteroatoms. The predicted molar refractivity (Wildman–Crippen MR) is 107 cm³/mol. The molecule has 1 heterocycles. The number of amides is 2. The largest absolute Gasteiger partial charge is 0.449 e. The third kappa shape index (κ3) is 4.57. The van der Waals surface area contributed by atoms with Gasteiger partial charge >= 0.3 is 5.97 Å².